The first-order valence-corrected chi connectivity index (χ1v) is 10.5. The van der Waals surface area contributed by atoms with Gasteiger partial charge in [0.2, 0.25) is 5.91 Å². The minimum atomic E-state index is -0.290. The predicted octanol–water partition coefficient (Wildman–Crippen LogP) is 4.34. The van der Waals surface area contributed by atoms with Gasteiger partial charge < -0.3 is 9.88 Å². The van der Waals surface area contributed by atoms with Crippen molar-refractivity contribution in [2.75, 3.05) is 0 Å². The predicted molar refractivity (Wildman–Crippen MR) is 114 cm³/mol. The highest BCUT2D eigenvalue weighted by Gasteiger charge is 2.19. The maximum Gasteiger partial charge on any atom is 0.233 e. The van der Waals surface area contributed by atoms with Crippen LogP contribution in [0.4, 0.5) is 0 Å². The number of benzene rings is 2. The normalized spacial score (nSPS) is 12.0. The molecule has 0 radical (unpaired) electrons. The second-order valence-corrected chi connectivity index (χ2v) is 8.09. The third-order valence-corrected chi connectivity index (χ3v) is 5.83. The molecule has 0 spiro atoms. The Morgan fingerprint density at radius 1 is 1.14 bits per heavy atom. The van der Waals surface area contributed by atoms with E-state index in [1.165, 1.54) is 17.3 Å². The molecule has 1 N–H and O–H groups in total. The molecule has 5 nitrogen and oxygen atoms in total. The molecule has 0 aliphatic heterocycles. The van der Waals surface area contributed by atoms with E-state index in [1.807, 2.05) is 49.4 Å². The molecule has 1 atom stereocenters. The molecule has 1 heterocycles. The number of nitrogens with zero attached hydrogens (tertiary/aromatic N) is 3. The van der Waals surface area contributed by atoms with Crippen LogP contribution in [-0.2, 0) is 24.3 Å². The standard InChI is InChI=1S/C21H23ClN4OS/c1-3-26-19(13-16-9-5-4-6-10-16)24-25-21(26)28-15(2)20(27)23-14-17-11-7-8-12-18(17)22/h4-12,15H,3,13-14H2,1-2H3,(H,23,27)/t15-/m1/s1. The van der Waals surface area contributed by atoms with Crippen LogP contribution in [0.15, 0.2) is 59.8 Å². The molecule has 7 heteroatoms. The highest BCUT2D eigenvalue weighted by Crippen LogP contribution is 2.24. The molecule has 28 heavy (non-hydrogen) atoms. The minimum absolute atomic E-state index is 0.0554. The van der Waals surface area contributed by atoms with Gasteiger partial charge in [-0.2, -0.15) is 0 Å². The molecule has 0 aliphatic rings. The summed E-state index contributed by atoms with van der Waals surface area (Å²) >= 11 is 7.57. The van der Waals surface area contributed by atoms with Crippen molar-refractivity contribution < 1.29 is 4.79 Å². The molecule has 3 rings (SSSR count). The smallest absolute Gasteiger partial charge is 0.233 e. The number of rotatable bonds is 8. The van der Waals surface area contributed by atoms with Gasteiger partial charge in [0.05, 0.1) is 5.25 Å². The molecule has 1 amide bonds. The first kappa shape index (κ1) is 20.4. The first-order valence-electron chi connectivity index (χ1n) is 9.22. The van der Waals surface area contributed by atoms with Crippen molar-refractivity contribution in [3.05, 3.63) is 76.6 Å². The van der Waals surface area contributed by atoms with Gasteiger partial charge in [0.1, 0.15) is 5.82 Å². The lowest BCUT2D eigenvalue weighted by Gasteiger charge is -2.13. The topological polar surface area (TPSA) is 59.8 Å². The van der Waals surface area contributed by atoms with E-state index >= 15 is 0 Å². The molecule has 1 aromatic heterocycles. The summed E-state index contributed by atoms with van der Waals surface area (Å²) in [6.45, 7) is 5.09. The molecular weight excluding hydrogens is 392 g/mol. The summed E-state index contributed by atoms with van der Waals surface area (Å²) in [6, 6.07) is 17.7. The average Bonchev–Trinajstić information content (AvgIpc) is 3.08. The van der Waals surface area contributed by atoms with E-state index in [4.69, 9.17) is 11.6 Å². The van der Waals surface area contributed by atoms with Crippen molar-refractivity contribution in [1.82, 2.24) is 20.1 Å². The van der Waals surface area contributed by atoms with Crippen LogP contribution in [0.25, 0.3) is 0 Å². The molecule has 0 bridgehead atoms. The van der Waals surface area contributed by atoms with E-state index in [0.29, 0.717) is 11.6 Å². The van der Waals surface area contributed by atoms with E-state index in [2.05, 4.69) is 39.1 Å². The van der Waals surface area contributed by atoms with Gasteiger partial charge in [0, 0.05) is 24.5 Å². The Bertz CT molecular complexity index is 929. The number of nitrogens with one attached hydrogen (secondary N) is 1. The first-order chi connectivity index (χ1) is 13.6. The lowest BCUT2D eigenvalue weighted by Crippen LogP contribution is -2.30. The number of hydrogen-bond acceptors (Lipinski definition) is 4. The quantitative estimate of drug-likeness (QED) is 0.557. The zero-order chi connectivity index (χ0) is 19.9. The summed E-state index contributed by atoms with van der Waals surface area (Å²) in [7, 11) is 0. The van der Waals surface area contributed by atoms with E-state index in [1.54, 1.807) is 0 Å². The summed E-state index contributed by atoms with van der Waals surface area (Å²) < 4.78 is 2.06. The summed E-state index contributed by atoms with van der Waals surface area (Å²) in [4.78, 5) is 12.5. The van der Waals surface area contributed by atoms with Crippen LogP contribution in [0.2, 0.25) is 5.02 Å². The average molecular weight is 415 g/mol. The fourth-order valence-electron chi connectivity index (χ4n) is 2.81. The molecule has 0 unspecified atom stereocenters. The summed E-state index contributed by atoms with van der Waals surface area (Å²) in [6.07, 6.45) is 0.718. The Labute approximate surface area is 174 Å². The highest BCUT2D eigenvalue weighted by molar-refractivity contribution is 8.00. The van der Waals surface area contributed by atoms with E-state index < -0.39 is 0 Å². The Morgan fingerprint density at radius 3 is 2.57 bits per heavy atom. The summed E-state index contributed by atoms with van der Waals surface area (Å²) in [5.74, 6) is 0.847. The molecule has 0 fully saturated rings. The fourth-order valence-corrected chi connectivity index (χ4v) is 3.97. The van der Waals surface area contributed by atoms with Crippen LogP contribution < -0.4 is 5.32 Å². The van der Waals surface area contributed by atoms with Gasteiger partial charge in [-0.15, -0.1) is 10.2 Å². The van der Waals surface area contributed by atoms with Crippen molar-refractivity contribution >= 4 is 29.3 Å². The lowest BCUT2D eigenvalue weighted by molar-refractivity contribution is -0.120. The van der Waals surface area contributed by atoms with Crippen LogP contribution in [0.5, 0.6) is 0 Å². The zero-order valence-electron chi connectivity index (χ0n) is 15.9. The molecule has 2 aromatic carbocycles. The zero-order valence-corrected chi connectivity index (χ0v) is 17.5. The van der Waals surface area contributed by atoms with Crippen molar-refractivity contribution in [1.29, 1.82) is 0 Å². The highest BCUT2D eigenvalue weighted by atomic mass is 35.5. The third kappa shape index (κ3) is 5.14. The second kappa shape index (κ2) is 9.75. The molecule has 0 aliphatic carbocycles. The van der Waals surface area contributed by atoms with Crippen LogP contribution in [0.3, 0.4) is 0 Å². The van der Waals surface area contributed by atoms with Crippen LogP contribution in [0, 0.1) is 0 Å². The number of hydrogen-bond donors (Lipinski definition) is 1. The number of thioether (sulfide) groups is 1. The van der Waals surface area contributed by atoms with E-state index in [0.717, 1.165) is 29.5 Å². The number of carbonyl (C=O) groups excluding carboxylic acids is 1. The second-order valence-electron chi connectivity index (χ2n) is 6.37. The number of amides is 1. The minimum Gasteiger partial charge on any atom is -0.351 e. The van der Waals surface area contributed by atoms with Crippen LogP contribution in [-0.4, -0.2) is 25.9 Å². The lowest BCUT2D eigenvalue weighted by atomic mass is 10.1. The van der Waals surface area contributed by atoms with Crippen LogP contribution in [0.1, 0.15) is 30.8 Å². The molecule has 3 aromatic rings. The summed E-state index contributed by atoms with van der Waals surface area (Å²) in [5.41, 5.74) is 2.09. The monoisotopic (exact) mass is 414 g/mol. The maximum absolute atomic E-state index is 12.5. The number of halogens is 1. The Kier molecular flexibility index (Phi) is 7.12. The molecular formula is C21H23ClN4OS. The number of aromatic nitrogens is 3. The van der Waals surface area contributed by atoms with Gasteiger partial charge in [-0.1, -0.05) is 71.9 Å². The number of carbonyl (C=O) groups is 1. The Morgan fingerprint density at radius 2 is 1.86 bits per heavy atom. The molecule has 0 saturated carbocycles. The maximum atomic E-state index is 12.5. The van der Waals surface area contributed by atoms with Gasteiger partial charge in [-0.3, -0.25) is 4.79 Å². The van der Waals surface area contributed by atoms with Crippen molar-refractivity contribution in [3.8, 4) is 0 Å². The van der Waals surface area contributed by atoms with E-state index in [9.17, 15) is 4.79 Å². The van der Waals surface area contributed by atoms with Crippen molar-refractivity contribution in [2.24, 2.45) is 0 Å². The fraction of sp³-hybridized carbons (Fsp3) is 0.286. The summed E-state index contributed by atoms with van der Waals surface area (Å²) in [5, 5.41) is 12.7. The van der Waals surface area contributed by atoms with Gasteiger partial charge in [-0.05, 0) is 31.0 Å². The van der Waals surface area contributed by atoms with Gasteiger partial charge >= 0.3 is 0 Å². The van der Waals surface area contributed by atoms with E-state index in [-0.39, 0.29) is 11.2 Å². The van der Waals surface area contributed by atoms with Crippen LogP contribution >= 0.6 is 23.4 Å². The largest absolute Gasteiger partial charge is 0.351 e. The SMILES string of the molecule is CCn1c(Cc2ccccc2)nnc1S[C@H](C)C(=O)NCc1ccccc1Cl. The van der Waals surface area contributed by atoms with Gasteiger partial charge in [0.25, 0.3) is 0 Å². The Balaban J connectivity index is 1.62. The third-order valence-electron chi connectivity index (χ3n) is 4.38. The van der Waals surface area contributed by atoms with Gasteiger partial charge in [0.15, 0.2) is 5.16 Å². The van der Waals surface area contributed by atoms with Crippen molar-refractivity contribution in [2.45, 2.75) is 43.8 Å². The van der Waals surface area contributed by atoms with Gasteiger partial charge in [-0.25, -0.2) is 0 Å². The molecule has 0 saturated heterocycles. The Hall–Kier alpha value is -2.31. The molecule has 146 valence electrons. The van der Waals surface area contributed by atoms with Crippen molar-refractivity contribution in [3.63, 3.8) is 0 Å².